The zero-order valence-corrected chi connectivity index (χ0v) is 17.6. The van der Waals surface area contributed by atoms with Gasteiger partial charge in [-0.1, -0.05) is 0 Å². The Bertz CT molecular complexity index is 1100. The Balaban J connectivity index is 1.71. The summed E-state index contributed by atoms with van der Waals surface area (Å²) in [5.41, 5.74) is 5.92. The third-order valence-electron chi connectivity index (χ3n) is 3.72. The molecule has 8 N–H and O–H groups in total. The molecule has 0 aliphatic carbocycles. The van der Waals surface area contributed by atoms with Crippen molar-refractivity contribution in [1.82, 2.24) is 19.5 Å². The minimum Gasteiger partial charge on any atom is -0.385 e. The van der Waals surface area contributed by atoms with Crippen LogP contribution in [-0.2, 0) is 31.8 Å². The number of phosphoric ester groups is 1. The van der Waals surface area contributed by atoms with Gasteiger partial charge in [0, 0.05) is 0 Å². The molecule has 1 saturated heterocycles. The number of phosphoric acid groups is 2. The first-order valence-electron chi connectivity index (χ1n) is 7.88. The lowest BCUT2D eigenvalue weighted by atomic mass is 10.2. The number of aliphatic hydroxyl groups excluding tert-OH is 2. The number of nitrogens with two attached hydrogens (primary N) is 1. The molecule has 2 aromatic heterocycles. The number of imidazole rings is 1. The Kier molecular flexibility index (Phi) is 6.68. The van der Waals surface area contributed by atoms with Gasteiger partial charge in [-0.25, -0.2) is 24.1 Å². The van der Waals surface area contributed by atoms with Gasteiger partial charge in [0.05, 0.1) is 6.33 Å². The molecular formula is C10H16N5O13P3. The summed E-state index contributed by atoms with van der Waals surface area (Å²) < 4.78 is 52.6. The maximum Gasteiger partial charge on any atom is 0.481 e. The summed E-state index contributed by atoms with van der Waals surface area (Å²) in [7, 11) is -15.9. The van der Waals surface area contributed by atoms with E-state index in [0.29, 0.717) is 0 Å². The molecule has 1 aliphatic rings. The van der Waals surface area contributed by atoms with Gasteiger partial charge in [0.2, 0.25) is 0 Å². The molecule has 0 spiro atoms. The van der Waals surface area contributed by atoms with E-state index >= 15 is 0 Å². The highest BCUT2D eigenvalue weighted by Crippen LogP contribution is 2.60. The fraction of sp³-hybridized carbons (Fsp3) is 0.500. The van der Waals surface area contributed by atoms with Crippen LogP contribution in [-0.4, -0.2) is 74.2 Å². The van der Waals surface area contributed by atoms with Gasteiger partial charge in [-0.15, -0.1) is 0 Å². The van der Waals surface area contributed by atoms with Crippen molar-refractivity contribution >= 4 is 40.2 Å². The molecule has 2 unspecified atom stereocenters. The molecule has 1 aliphatic heterocycles. The maximum absolute atomic E-state index is 12.1. The number of aliphatic hydroxyl groups is 2. The second-order valence-corrected chi connectivity index (χ2v) is 10.6. The number of nitrogens with zero attached hydrogens (tertiary/aromatic N) is 4. The van der Waals surface area contributed by atoms with Crippen LogP contribution < -0.4 is 5.73 Å². The van der Waals surface area contributed by atoms with Gasteiger partial charge in [0.15, 0.2) is 30.3 Å². The molecule has 0 radical (unpaired) electrons. The first-order valence-corrected chi connectivity index (χ1v) is 12.7. The quantitative estimate of drug-likeness (QED) is 0.197. The highest BCUT2D eigenvalue weighted by molar-refractivity contribution is 7.61. The molecule has 6 atom stereocenters. The van der Waals surface area contributed by atoms with Crippen LogP contribution in [0.4, 0.5) is 5.82 Å². The van der Waals surface area contributed by atoms with E-state index in [1.807, 2.05) is 0 Å². The van der Waals surface area contributed by atoms with E-state index in [1.54, 1.807) is 0 Å². The van der Waals surface area contributed by atoms with Crippen LogP contribution in [0.5, 0.6) is 0 Å². The lowest BCUT2D eigenvalue weighted by molar-refractivity contribution is -0.129. The Morgan fingerprint density at radius 1 is 1.10 bits per heavy atom. The van der Waals surface area contributed by atoms with E-state index in [9.17, 15) is 28.8 Å². The van der Waals surface area contributed by atoms with Crippen LogP contribution in [0.15, 0.2) is 12.7 Å². The molecule has 0 amide bonds. The summed E-state index contributed by atoms with van der Waals surface area (Å²) in [4.78, 5) is 47.5. The van der Waals surface area contributed by atoms with Gasteiger partial charge in [0.1, 0.15) is 24.1 Å². The molecule has 21 heteroatoms. The molecular weight excluding hydrogens is 491 g/mol. The second kappa shape index (κ2) is 8.53. The maximum atomic E-state index is 12.1. The van der Waals surface area contributed by atoms with E-state index < -0.39 is 54.3 Å². The number of aromatic nitrogens is 4. The normalized spacial score (nSPS) is 28.5. The minimum atomic E-state index is -5.45. The Morgan fingerprint density at radius 3 is 2.42 bits per heavy atom. The van der Waals surface area contributed by atoms with E-state index in [2.05, 4.69) is 28.3 Å². The molecule has 174 valence electrons. The minimum absolute atomic E-state index is 0.0209. The Morgan fingerprint density at radius 2 is 1.77 bits per heavy atom. The van der Waals surface area contributed by atoms with Gasteiger partial charge >= 0.3 is 23.2 Å². The van der Waals surface area contributed by atoms with Gasteiger partial charge in [-0.05, 0) is 0 Å². The predicted molar refractivity (Wildman–Crippen MR) is 95.5 cm³/mol. The zero-order valence-electron chi connectivity index (χ0n) is 14.9. The van der Waals surface area contributed by atoms with Crippen molar-refractivity contribution in [2.75, 3.05) is 12.1 Å². The molecule has 0 saturated carbocycles. The molecule has 2 aromatic rings. The van der Waals surface area contributed by atoms with Crippen molar-refractivity contribution in [3.8, 4) is 0 Å². The van der Waals surface area contributed by atoms with E-state index in [-0.39, 0.29) is 17.0 Å². The predicted octanol–water partition coefficient (Wildman–Crippen LogP) is -1.63. The van der Waals surface area contributed by atoms with Crippen LogP contribution in [0.1, 0.15) is 6.23 Å². The summed E-state index contributed by atoms with van der Waals surface area (Å²) in [5.74, 6) is 0.0209. The van der Waals surface area contributed by atoms with Crippen LogP contribution in [0.2, 0.25) is 0 Å². The fourth-order valence-corrected chi connectivity index (χ4v) is 5.49. The zero-order chi connectivity index (χ0) is 23.2. The lowest BCUT2D eigenvalue weighted by Crippen LogP contribution is -2.32. The first kappa shape index (κ1) is 24.3. The standard InChI is InChI=1S/C10H16N5O13P3/c11-7-4-8(13-1-12-7)15(2-14-4)9-5(16)6(17)10(26-9)27-29(18,19)3-25-31(23,24)28-30(20,21)22/h1-2,5-6,9-10,16-17H,3H2,(H,18,19)(H,23,24)(H2,11,12,13)(H2,20,21,22)/t5-,6+,9-,10-/m1/s1. The summed E-state index contributed by atoms with van der Waals surface area (Å²) in [5, 5.41) is 20.3. The van der Waals surface area contributed by atoms with Crippen LogP contribution in [0, 0.1) is 0 Å². The number of hydrogen-bond acceptors (Lipinski definition) is 13. The van der Waals surface area contributed by atoms with Crippen molar-refractivity contribution in [3.63, 3.8) is 0 Å². The van der Waals surface area contributed by atoms with Crippen molar-refractivity contribution in [3.05, 3.63) is 12.7 Å². The smallest absolute Gasteiger partial charge is 0.385 e. The number of fused-ring (bicyclic) bond motifs is 1. The van der Waals surface area contributed by atoms with Crippen molar-refractivity contribution in [2.45, 2.75) is 24.7 Å². The van der Waals surface area contributed by atoms with E-state index in [1.165, 1.54) is 0 Å². The third kappa shape index (κ3) is 5.71. The van der Waals surface area contributed by atoms with Gasteiger partial charge in [-0.3, -0.25) is 18.2 Å². The molecule has 31 heavy (non-hydrogen) atoms. The Labute approximate surface area is 171 Å². The number of anilines is 1. The molecule has 1 fully saturated rings. The van der Waals surface area contributed by atoms with E-state index in [0.717, 1.165) is 17.2 Å². The van der Waals surface area contributed by atoms with Crippen molar-refractivity contribution < 1.29 is 61.6 Å². The fourth-order valence-electron chi connectivity index (χ4n) is 2.50. The highest BCUT2D eigenvalue weighted by Gasteiger charge is 2.48. The van der Waals surface area contributed by atoms with Gasteiger partial charge < -0.3 is 40.3 Å². The van der Waals surface area contributed by atoms with Crippen LogP contribution in [0.25, 0.3) is 11.2 Å². The molecule has 3 rings (SSSR count). The summed E-state index contributed by atoms with van der Waals surface area (Å²) in [6.07, 6.45) is -6.24. The summed E-state index contributed by atoms with van der Waals surface area (Å²) in [6.45, 7) is 0. The monoisotopic (exact) mass is 507 g/mol. The first-order chi connectivity index (χ1) is 14.2. The average molecular weight is 507 g/mol. The summed E-state index contributed by atoms with van der Waals surface area (Å²) in [6, 6.07) is 0. The molecule has 18 nitrogen and oxygen atoms in total. The highest BCUT2D eigenvalue weighted by atomic mass is 31.3. The average Bonchev–Trinajstić information content (AvgIpc) is 3.16. The molecule has 0 aromatic carbocycles. The molecule has 0 bridgehead atoms. The van der Waals surface area contributed by atoms with Crippen molar-refractivity contribution in [1.29, 1.82) is 0 Å². The number of hydrogen-bond donors (Lipinski definition) is 7. The van der Waals surface area contributed by atoms with E-state index in [4.69, 9.17) is 25.2 Å². The van der Waals surface area contributed by atoms with Gasteiger partial charge in [-0.2, -0.15) is 4.31 Å². The second-order valence-electron chi connectivity index (χ2n) is 6.00. The molecule has 3 heterocycles. The third-order valence-corrected chi connectivity index (χ3v) is 7.05. The number of ether oxygens (including phenoxy) is 1. The Hall–Kier alpha value is -1.36. The topological polar surface area (TPSA) is 279 Å². The van der Waals surface area contributed by atoms with Crippen LogP contribution >= 0.6 is 23.2 Å². The van der Waals surface area contributed by atoms with Gasteiger partial charge in [0.25, 0.3) is 0 Å². The largest absolute Gasteiger partial charge is 0.481 e. The van der Waals surface area contributed by atoms with Crippen molar-refractivity contribution in [2.24, 2.45) is 0 Å². The number of rotatable bonds is 8. The summed E-state index contributed by atoms with van der Waals surface area (Å²) >= 11 is 0. The SMILES string of the molecule is Nc1ncnc2c1ncn2[C@@H]1O[C@H](OP(=O)(O)COP(=O)(O)OP(=O)(O)O)[C@@H](O)[C@H]1O. The number of nitrogen functional groups attached to an aromatic ring is 1. The van der Waals surface area contributed by atoms with Crippen LogP contribution in [0.3, 0.4) is 0 Å². The lowest BCUT2D eigenvalue weighted by Gasteiger charge is -2.20.